The van der Waals surface area contributed by atoms with Crippen molar-refractivity contribution in [2.24, 2.45) is 5.10 Å². The summed E-state index contributed by atoms with van der Waals surface area (Å²) >= 11 is 12.3. The Morgan fingerprint density at radius 1 is 0.938 bits per heavy atom. The van der Waals surface area contributed by atoms with Gasteiger partial charge in [0.25, 0.3) is 0 Å². The minimum Gasteiger partial charge on any atom is -0.489 e. The van der Waals surface area contributed by atoms with Crippen molar-refractivity contribution >= 4 is 46.9 Å². The number of benzene rings is 3. The lowest BCUT2D eigenvalue weighted by Gasteiger charge is -2.09. The monoisotopic (exact) mass is 469 g/mol. The van der Waals surface area contributed by atoms with Crippen LogP contribution in [0.3, 0.4) is 0 Å². The number of nitrogens with zero attached hydrogens (tertiary/aromatic N) is 1. The molecular formula is C24H21Cl2N3O3. The summed E-state index contributed by atoms with van der Waals surface area (Å²) in [6.07, 6.45) is 2.17. The first-order valence-electron chi connectivity index (χ1n) is 9.86. The highest BCUT2D eigenvalue weighted by atomic mass is 35.5. The summed E-state index contributed by atoms with van der Waals surface area (Å²) in [5.74, 6) is -1.02. The maximum absolute atomic E-state index is 12.1. The van der Waals surface area contributed by atoms with Crippen molar-refractivity contribution in [3.8, 4) is 5.75 Å². The van der Waals surface area contributed by atoms with Crippen LogP contribution < -0.4 is 15.5 Å². The number of halogens is 2. The van der Waals surface area contributed by atoms with Crippen LogP contribution >= 0.6 is 23.2 Å². The number of aryl methyl sites for hydroxylation is 1. The molecule has 0 aromatic heterocycles. The number of hydrogen-bond acceptors (Lipinski definition) is 4. The van der Waals surface area contributed by atoms with Crippen LogP contribution in [-0.2, 0) is 22.6 Å². The summed E-state index contributed by atoms with van der Waals surface area (Å²) in [7, 11) is 0. The largest absolute Gasteiger partial charge is 0.489 e. The van der Waals surface area contributed by atoms with Gasteiger partial charge in [-0.2, -0.15) is 5.10 Å². The number of rotatable bonds is 7. The summed E-state index contributed by atoms with van der Waals surface area (Å²) in [5, 5.41) is 7.51. The fourth-order valence-electron chi connectivity index (χ4n) is 2.82. The van der Waals surface area contributed by atoms with Crippen molar-refractivity contribution in [2.75, 3.05) is 5.32 Å². The second-order valence-corrected chi connectivity index (χ2v) is 7.54. The molecule has 0 aliphatic rings. The quantitative estimate of drug-likeness (QED) is 0.282. The standard InChI is InChI=1S/C24H21Cl2N3O3/c1-2-17-6-3-4-9-22(17)28-23(30)24(31)29-27-14-16-10-12-18(13-11-16)32-15-19-20(25)7-5-8-21(19)26/h3-14H,2,15H2,1H3,(H,28,30)(H,29,31). The Labute approximate surface area is 196 Å². The van der Waals surface area contributed by atoms with Crippen LogP contribution in [0.15, 0.2) is 71.8 Å². The smallest absolute Gasteiger partial charge is 0.329 e. The zero-order valence-corrected chi connectivity index (χ0v) is 18.8. The number of hydrogen-bond donors (Lipinski definition) is 2. The van der Waals surface area contributed by atoms with E-state index >= 15 is 0 Å². The van der Waals surface area contributed by atoms with Crippen molar-refractivity contribution in [2.45, 2.75) is 20.0 Å². The van der Waals surface area contributed by atoms with Gasteiger partial charge in [-0.15, -0.1) is 0 Å². The molecule has 0 spiro atoms. The van der Waals surface area contributed by atoms with Gasteiger partial charge in [0.15, 0.2) is 0 Å². The summed E-state index contributed by atoms with van der Waals surface area (Å²) in [4.78, 5) is 24.1. The molecule has 0 bridgehead atoms. The number of nitrogens with one attached hydrogen (secondary N) is 2. The third-order valence-electron chi connectivity index (χ3n) is 4.56. The molecule has 164 valence electrons. The van der Waals surface area contributed by atoms with Gasteiger partial charge in [0.1, 0.15) is 12.4 Å². The highest BCUT2D eigenvalue weighted by Crippen LogP contribution is 2.25. The van der Waals surface area contributed by atoms with Crippen LogP contribution in [0.25, 0.3) is 0 Å². The molecule has 3 aromatic rings. The molecule has 0 saturated carbocycles. The van der Waals surface area contributed by atoms with Gasteiger partial charge in [0, 0.05) is 21.3 Å². The van der Waals surface area contributed by atoms with Crippen molar-refractivity contribution in [3.63, 3.8) is 0 Å². The van der Waals surface area contributed by atoms with Crippen molar-refractivity contribution in [1.29, 1.82) is 0 Å². The summed E-state index contributed by atoms with van der Waals surface area (Å²) < 4.78 is 5.72. The fourth-order valence-corrected chi connectivity index (χ4v) is 3.33. The predicted molar refractivity (Wildman–Crippen MR) is 127 cm³/mol. The maximum atomic E-state index is 12.1. The number of para-hydroxylation sites is 1. The van der Waals surface area contributed by atoms with Crippen LogP contribution in [-0.4, -0.2) is 18.0 Å². The molecule has 2 N–H and O–H groups in total. The van der Waals surface area contributed by atoms with Gasteiger partial charge in [0.05, 0.1) is 6.21 Å². The maximum Gasteiger partial charge on any atom is 0.329 e. The fraction of sp³-hybridized carbons (Fsp3) is 0.125. The van der Waals surface area contributed by atoms with Gasteiger partial charge < -0.3 is 10.1 Å². The summed E-state index contributed by atoms with van der Waals surface area (Å²) in [6.45, 7) is 2.20. The highest BCUT2D eigenvalue weighted by Gasteiger charge is 2.14. The molecule has 32 heavy (non-hydrogen) atoms. The van der Waals surface area contributed by atoms with Gasteiger partial charge in [-0.25, -0.2) is 5.43 Å². The SMILES string of the molecule is CCc1ccccc1NC(=O)C(=O)NN=Cc1ccc(OCc2c(Cl)cccc2Cl)cc1. The lowest BCUT2D eigenvalue weighted by molar-refractivity contribution is -0.136. The van der Waals surface area contributed by atoms with E-state index in [-0.39, 0.29) is 6.61 Å². The average Bonchev–Trinajstić information content (AvgIpc) is 2.80. The van der Waals surface area contributed by atoms with E-state index in [4.69, 9.17) is 27.9 Å². The topological polar surface area (TPSA) is 79.8 Å². The zero-order valence-electron chi connectivity index (χ0n) is 17.3. The molecule has 0 atom stereocenters. The average molecular weight is 470 g/mol. The molecule has 0 aliphatic carbocycles. The Balaban J connectivity index is 1.51. The predicted octanol–water partition coefficient (Wildman–Crippen LogP) is 5.22. The first-order valence-corrected chi connectivity index (χ1v) is 10.6. The van der Waals surface area contributed by atoms with Crippen LogP contribution in [0.1, 0.15) is 23.6 Å². The molecule has 0 fully saturated rings. The van der Waals surface area contributed by atoms with Crippen LogP contribution in [0.2, 0.25) is 10.0 Å². The Kier molecular flexibility index (Phi) is 8.25. The van der Waals surface area contributed by atoms with Gasteiger partial charge in [0.2, 0.25) is 0 Å². The molecule has 0 saturated heterocycles. The molecule has 0 radical (unpaired) electrons. The minimum absolute atomic E-state index is 0.234. The zero-order chi connectivity index (χ0) is 22.9. The van der Waals surface area contributed by atoms with E-state index in [1.807, 2.05) is 19.1 Å². The van der Waals surface area contributed by atoms with E-state index < -0.39 is 11.8 Å². The second kappa shape index (κ2) is 11.3. The minimum atomic E-state index is -0.858. The third-order valence-corrected chi connectivity index (χ3v) is 5.27. The van der Waals surface area contributed by atoms with Crippen molar-refractivity contribution in [1.82, 2.24) is 5.43 Å². The van der Waals surface area contributed by atoms with Gasteiger partial charge in [-0.3, -0.25) is 9.59 Å². The van der Waals surface area contributed by atoms with E-state index in [9.17, 15) is 9.59 Å². The molecular weight excluding hydrogens is 449 g/mol. The Morgan fingerprint density at radius 2 is 1.62 bits per heavy atom. The molecule has 6 nitrogen and oxygen atoms in total. The van der Waals surface area contributed by atoms with Gasteiger partial charge in [-0.05, 0) is 60.0 Å². The Bertz CT molecular complexity index is 1110. The Morgan fingerprint density at radius 3 is 2.31 bits per heavy atom. The van der Waals surface area contributed by atoms with Gasteiger partial charge in [-0.1, -0.05) is 54.4 Å². The van der Waals surface area contributed by atoms with Crippen molar-refractivity contribution in [3.05, 3.63) is 93.5 Å². The Hall–Kier alpha value is -3.35. The first kappa shape index (κ1) is 23.3. The first-order chi connectivity index (χ1) is 15.5. The third kappa shape index (κ3) is 6.33. The second-order valence-electron chi connectivity index (χ2n) is 6.72. The molecule has 3 aromatic carbocycles. The van der Waals surface area contributed by atoms with Crippen LogP contribution in [0, 0.1) is 0 Å². The molecule has 3 rings (SSSR count). The van der Waals surface area contributed by atoms with Crippen LogP contribution in [0.5, 0.6) is 5.75 Å². The van der Waals surface area contributed by atoms with E-state index in [2.05, 4.69) is 15.8 Å². The normalized spacial score (nSPS) is 10.7. The summed E-state index contributed by atoms with van der Waals surface area (Å²) in [5.41, 5.74) is 5.19. The number of anilines is 1. The van der Waals surface area contributed by atoms with E-state index in [0.29, 0.717) is 32.6 Å². The van der Waals surface area contributed by atoms with E-state index in [1.165, 1.54) is 6.21 Å². The molecule has 0 aliphatic heterocycles. The number of ether oxygens (including phenoxy) is 1. The molecule has 0 unspecified atom stereocenters. The number of hydrazone groups is 1. The lowest BCUT2D eigenvalue weighted by Crippen LogP contribution is -2.32. The van der Waals surface area contributed by atoms with E-state index in [1.54, 1.807) is 54.6 Å². The van der Waals surface area contributed by atoms with Crippen LogP contribution in [0.4, 0.5) is 5.69 Å². The lowest BCUT2D eigenvalue weighted by atomic mass is 10.1. The van der Waals surface area contributed by atoms with E-state index in [0.717, 1.165) is 12.0 Å². The number of carbonyl (C=O) groups is 2. The van der Waals surface area contributed by atoms with Crippen molar-refractivity contribution < 1.29 is 14.3 Å². The number of amides is 2. The van der Waals surface area contributed by atoms with Gasteiger partial charge >= 0.3 is 11.8 Å². The summed E-state index contributed by atoms with van der Waals surface area (Å²) in [6, 6.07) is 19.6. The number of carbonyl (C=O) groups excluding carboxylic acids is 2. The molecule has 8 heteroatoms. The highest BCUT2D eigenvalue weighted by molar-refractivity contribution is 6.39. The molecule has 2 amide bonds. The molecule has 0 heterocycles.